The van der Waals surface area contributed by atoms with Crippen molar-refractivity contribution in [3.05, 3.63) is 60.2 Å². The smallest absolute Gasteiger partial charge is 0.135 e. The molecule has 0 spiro atoms. The van der Waals surface area contributed by atoms with Gasteiger partial charge < -0.3 is 19.5 Å². The van der Waals surface area contributed by atoms with E-state index in [1.807, 2.05) is 24.3 Å². The first-order valence-corrected chi connectivity index (χ1v) is 7.29. The molecule has 0 bridgehead atoms. The topological polar surface area (TPSA) is 67.5 Å². The summed E-state index contributed by atoms with van der Waals surface area (Å²) >= 11 is 0. The van der Waals surface area contributed by atoms with E-state index >= 15 is 0 Å². The van der Waals surface area contributed by atoms with Crippen molar-refractivity contribution in [1.82, 2.24) is 9.55 Å². The van der Waals surface area contributed by atoms with Crippen molar-refractivity contribution in [1.29, 1.82) is 0 Å². The molecule has 0 aliphatic rings. The fraction of sp³-hybridized carbons (Fsp3) is 0.235. The van der Waals surface area contributed by atoms with Gasteiger partial charge in [0.2, 0.25) is 0 Å². The maximum atomic E-state index is 12.8. The van der Waals surface area contributed by atoms with Crippen molar-refractivity contribution in [3.63, 3.8) is 0 Å². The lowest BCUT2D eigenvalue weighted by atomic mass is 10.3. The maximum absolute atomic E-state index is 12.8. The number of hydrogen-bond donors (Lipinski definition) is 2. The van der Waals surface area contributed by atoms with E-state index in [2.05, 4.69) is 4.98 Å². The summed E-state index contributed by atoms with van der Waals surface area (Å²) in [5.41, 5.74) is 1.61. The van der Waals surface area contributed by atoms with Crippen molar-refractivity contribution >= 4 is 11.0 Å². The van der Waals surface area contributed by atoms with Crippen LogP contribution >= 0.6 is 0 Å². The molecule has 1 aromatic heterocycles. The zero-order valence-electron chi connectivity index (χ0n) is 12.4. The summed E-state index contributed by atoms with van der Waals surface area (Å²) in [4.78, 5) is 4.33. The molecule has 1 heterocycles. The number of nitrogens with zero attached hydrogens (tertiary/aromatic N) is 2. The summed E-state index contributed by atoms with van der Waals surface area (Å²) in [5.74, 6) is 0.644. The molecule has 0 saturated heterocycles. The third kappa shape index (κ3) is 3.49. The molecule has 120 valence electrons. The van der Waals surface area contributed by atoms with Crippen LogP contribution in [0.15, 0.2) is 48.5 Å². The highest BCUT2D eigenvalue weighted by Gasteiger charge is 2.14. The molecule has 5 nitrogen and oxygen atoms in total. The number of ether oxygens (including phenoxy) is 1. The zero-order chi connectivity index (χ0) is 16.2. The number of aromatic nitrogens is 2. The van der Waals surface area contributed by atoms with E-state index in [9.17, 15) is 14.6 Å². The molecule has 0 aliphatic carbocycles. The van der Waals surface area contributed by atoms with E-state index < -0.39 is 6.10 Å². The quantitative estimate of drug-likeness (QED) is 0.731. The third-order valence-electron chi connectivity index (χ3n) is 3.52. The van der Waals surface area contributed by atoms with Crippen LogP contribution in [0.1, 0.15) is 5.82 Å². The summed E-state index contributed by atoms with van der Waals surface area (Å²) in [6.07, 6.45) is -0.789. The Balaban J connectivity index is 1.70. The average Bonchev–Trinajstić information content (AvgIpc) is 2.92. The Hall–Kier alpha value is -2.44. The van der Waals surface area contributed by atoms with E-state index in [0.29, 0.717) is 11.6 Å². The molecule has 0 aliphatic heterocycles. The van der Waals surface area contributed by atoms with Gasteiger partial charge in [-0.15, -0.1) is 0 Å². The number of halogens is 1. The van der Waals surface area contributed by atoms with Crippen LogP contribution in [0.25, 0.3) is 11.0 Å². The lowest BCUT2D eigenvalue weighted by Crippen LogP contribution is -2.24. The summed E-state index contributed by atoms with van der Waals surface area (Å²) in [6, 6.07) is 13.1. The minimum Gasteiger partial charge on any atom is -0.491 e. The van der Waals surface area contributed by atoms with Gasteiger partial charge in [-0.25, -0.2) is 9.37 Å². The first-order valence-electron chi connectivity index (χ1n) is 7.29. The summed E-state index contributed by atoms with van der Waals surface area (Å²) in [7, 11) is 0. The molecule has 3 rings (SSSR count). The van der Waals surface area contributed by atoms with E-state index in [4.69, 9.17) is 4.74 Å². The van der Waals surface area contributed by atoms with E-state index in [-0.39, 0.29) is 25.6 Å². The highest BCUT2D eigenvalue weighted by Crippen LogP contribution is 2.17. The van der Waals surface area contributed by atoms with Gasteiger partial charge in [0, 0.05) is 0 Å². The summed E-state index contributed by atoms with van der Waals surface area (Å²) in [5, 5.41) is 19.6. The highest BCUT2D eigenvalue weighted by molar-refractivity contribution is 5.75. The number of rotatable bonds is 6. The molecule has 0 fully saturated rings. The van der Waals surface area contributed by atoms with Gasteiger partial charge in [0.05, 0.1) is 17.6 Å². The van der Waals surface area contributed by atoms with Crippen molar-refractivity contribution in [2.45, 2.75) is 19.3 Å². The molecule has 1 unspecified atom stereocenters. The molecule has 0 radical (unpaired) electrons. The predicted octanol–water partition coefficient (Wildman–Crippen LogP) is 2.11. The second-order valence-corrected chi connectivity index (χ2v) is 5.20. The molecular formula is C17H17FN2O3. The molecule has 2 N–H and O–H groups in total. The monoisotopic (exact) mass is 316 g/mol. The van der Waals surface area contributed by atoms with Crippen LogP contribution in [0.3, 0.4) is 0 Å². The van der Waals surface area contributed by atoms with Crippen LogP contribution in [-0.2, 0) is 13.2 Å². The van der Waals surface area contributed by atoms with Gasteiger partial charge in [0.15, 0.2) is 0 Å². The van der Waals surface area contributed by atoms with E-state index in [0.717, 1.165) is 11.0 Å². The average molecular weight is 316 g/mol. The van der Waals surface area contributed by atoms with Crippen LogP contribution < -0.4 is 4.74 Å². The Labute approximate surface area is 132 Å². The van der Waals surface area contributed by atoms with Crippen molar-refractivity contribution in [2.75, 3.05) is 6.61 Å². The molecular weight excluding hydrogens is 299 g/mol. The molecule has 3 aromatic rings. The van der Waals surface area contributed by atoms with Gasteiger partial charge in [-0.2, -0.15) is 0 Å². The van der Waals surface area contributed by atoms with E-state index in [1.54, 1.807) is 4.57 Å². The van der Waals surface area contributed by atoms with Crippen molar-refractivity contribution < 1.29 is 19.3 Å². The number of fused-ring (bicyclic) bond motifs is 1. The summed E-state index contributed by atoms with van der Waals surface area (Å²) in [6.45, 7) is 0.0980. The molecule has 0 saturated carbocycles. The lowest BCUT2D eigenvalue weighted by molar-refractivity contribution is 0.0914. The van der Waals surface area contributed by atoms with Gasteiger partial charge in [-0.3, -0.25) is 0 Å². The Morgan fingerprint density at radius 2 is 1.87 bits per heavy atom. The van der Waals surface area contributed by atoms with Crippen LogP contribution in [0.4, 0.5) is 4.39 Å². The van der Waals surface area contributed by atoms with Gasteiger partial charge >= 0.3 is 0 Å². The Morgan fingerprint density at radius 3 is 2.61 bits per heavy atom. The number of aliphatic hydroxyl groups is 2. The second kappa shape index (κ2) is 6.76. The molecule has 2 aromatic carbocycles. The molecule has 0 amide bonds. The molecule has 6 heteroatoms. The first-order chi connectivity index (χ1) is 11.2. The summed E-state index contributed by atoms with van der Waals surface area (Å²) < 4.78 is 20.0. The Bertz CT molecular complexity index is 786. The third-order valence-corrected chi connectivity index (χ3v) is 3.52. The normalized spacial score (nSPS) is 12.5. The predicted molar refractivity (Wildman–Crippen MR) is 83.6 cm³/mol. The number of hydrogen-bond acceptors (Lipinski definition) is 4. The van der Waals surface area contributed by atoms with Gasteiger partial charge in [-0.05, 0) is 36.4 Å². The minimum absolute atomic E-state index is 0.0585. The van der Waals surface area contributed by atoms with Crippen LogP contribution in [0, 0.1) is 5.82 Å². The Kier molecular flexibility index (Phi) is 4.55. The molecule has 23 heavy (non-hydrogen) atoms. The number of aliphatic hydroxyl groups excluding tert-OH is 2. The molecule has 1 atom stereocenters. The SMILES string of the molecule is OCc1nc2ccccc2n1CC(O)COc1ccc(F)cc1. The fourth-order valence-electron chi connectivity index (χ4n) is 2.44. The maximum Gasteiger partial charge on any atom is 0.135 e. The highest BCUT2D eigenvalue weighted by atomic mass is 19.1. The van der Waals surface area contributed by atoms with Crippen LogP contribution in [0.2, 0.25) is 0 Å². The number of para-hydroxylation sites is 2. The number of imidazole rings is 1. The Morgan fingerprint density at radius 1 is 1.13 bits per heavy atom. The van der Waals surface area contributed by atoms with Gasteiger partial charge in [0.25, 0.3) is 0 Å². The fourth-order valence-corrected chi connectivity index (χ4v) is 2.44. The standard InChI is InChI=1S/C17H17FN2O3/c18-12-5-7-14(8-6-12)23-11-13(22)9-20-16-4-2-1-3-15(16)19-17(20)10-21/h1-8,13,21-22H,9-11H2. The van der Waals surface area contributed by atoms with Crippen molar-refractivity contribution in [2.24, 2.45) is 0 Å². The number of benzene rings is 2. The second-order valence-electron chi connectivity index (χ2n) is 5.20. The van der Waals surface area contributed by atoms with Crippen LogP contribution in [0.5, 0.6) is 5.75 Å². The lowest BCUT2D eigenvalue weighted by Gasteiger charge is -2.15. The van der Waals surface area contributed by atoms with E-state index in [1.165, 1.54) is 24.3 Å². The zero-order valence-corrected chi connectivity index (χ0v) is 12.4. The van der Waals surface area contributed by atoms with Crippen LogP contribution in [-0.4, -0.2) is 32.5 Å². The van der Waals surface area contributed by atoms with Gasteiger partial charge in [0.1, 0.15) is 36.7 Å². The van der Waals surface area contributed by atoms with Gasteiger partial charge in [-0.1, -0.05) is 12.1 Å². The first kappa shape index (κ1) is 15.5. The van der Waals surface area contributed by atoms with Crippen molar-refractivity contribution in [3.8, 4) is 5.75 Å². The largest absolute Gasteiger partial charge is 0.491 e. The minimum atomic E-state index is -0.789.